The number of carbonyl (C=O) groups excluding carboxylic acids is 1. The van der Waals surface area contributed by atoms with E-state index in [0.717, 1.165) is 43.9 Å². The minimum Gasteiger partial charge on any atom is -0.343 e. The van der Waals surface area contributed by atoms with Crippen molar-refractivity contribution >= 4 is 5.91 Å². The highest BCUT2D eigenvalue weighted by Crippen LogP contribution is 2.30. The molecule has 0 unspecified atom stereocenters. The van der Waals surface area contributed by atoms with E-state index in [1.54, 1.807) is 6.92 Å². The van der Waals surface area contributed by atoms with E-state index in [1.165, 1.54) is 5.56 Å². The zero-order chi connectivity index (χ0) is 15.5. The molecule has 2 aromatic rings. The minimum atomic E-state index is 0.181. The molecule has 116 valence electrons. The number of likely N-dealkylation sites (tertiary alicyclic amines) is 1. The first kappa shape index (κ1) is 14.8. The van der Waals surface area contributed by atoms with Gasteiger partial charge in [-0.05, 0) is 49.4 Å². The minimum absolute atomic E-state index is 0.181. The van der Waals surface area contributed by atoms with Gasteiger partial charge >= 0.3 is 0 Å². The van der Waals surface area contributed by atoms with E-state index in [4.69, 9.17) is 0 Å². The first-order valence-electron chi connectivity index (χ1n) is 7.92. The molecule has 2 aromatic heterocycles. The Morgan fingerprint density at radius 2 is 2.05 bits per heavy atom. The van der Waals surface area contributed by atoms with Crippen molar-refractivity contribution < 1.29 is 4.79 Å². The highest BCUT2D eigenvalue weighted by atomic mass is 16.2. The Kier molecular flexibility index (Phi) is 4.22. The van der Waals surface area contributed by atoms with Gasteiger partial charge in [0.15, 0.2) is 0 Å². The molecule has 5 heteroatoms. The summed E-state index contributed by atoms with van der Waals surface area (Å²) in [7, 11) is 0. The molecule has 0 radical (unpaired) electrons. The normalized spacial score (nSPS) is 16.0. The van der Waals surface area contributed by atoms with Crippen molar-refractivity contribution in [2.24, 2.45) is 0 Å². The molecule has 22 heavy (non-hydrogen) atoms. The molecule has 0 N–H and O–H groups in total. The predicted molar refractivity (Wildman–Crippen MR) is 85.4 cm³/mol. The predicted octanol–water partition coefficient (Wildman–Crippen LogP) is 2.69. The maximum absolute atomic E-state index is 11.4. The van der Waals surface area contributed by atoms with Gasteiger partial charge in [0.1, 0.15) is 0 Å². The number of piperidine rings is 1. The van der Waals surface area contributed by atoms with E-state index < -0.39 is 0 Å². The van der Waals surface area contributed by atoms with Crippen LogP contribution in [0.4, 0.5) is 0 Å². The van der Waals surface area contributed by atoms with E-state index in [9.17, 15) is 4.79 Å². The van der Waals surface area contributed by atoms with E-state index in [-0.39, 0.29) is 5.91 Å². The molecule has 5 nitrogen and oxygen atoms in total. The Morgan fingerprint density at radius 1 is 1.27 bits per heavy atom. The summed E-state index contributed by atoms with van der Waals surface area (Å²) >= 11 is 0. The van der Waals surface area contributed by atoms with Gasteiger partial charge in [0, 0.05) is 39.0 Å². The van der Waals surface area contributed by atoms with Crippen LogP contribution in [0.3, 0.4) is 0 Å². The largest absolute Gasteiger partial charge is 0.343 e. The zero-order valence-electron chi connectivity index (χ0n) is 13.2. The van der Waals surface area contributed by atoms with Crippen molar-refractivity contribution in [2.45, 2.75) is 39.2 Å². The quantitative estimate of drug-likeness (QED) is 0.875. The first-order valence-corrected chi connectivity index (χ1v) is 7.92. The van der Waals surface area contributed by atoms with Crippen molar-refractivity contribution in [2.75, 3.05) is 13.1 Å². The number of hydrogen-bond donors (Lipinski definition) is 0. The lowest BCUT2D eigenvalue weighted by Crippen LogP contribution is -2.36. The van der Waals surface area contributed by atoms with Gasteiger partial charge in [-0.1, -0.05) is 0 Å². The summed E-state index contributed by atoms with van der Waals surface area (Å²) in [5.41, 5.74) is 3.36. The van der Waals surface area contributed by atoms with E-state index in [2.05, 4.69) is 29.1 Å². The van der Waals surface area contributed by atoms with Gasteiger partial charge in [0.25, 0.3) is 0 Å². The van der Waals surface area contributed by atoms with Crippen LogP contribution in [0, 0.1) is 0 Å². The summed E-state index contributed by atoms with van der Waals surface area (Å²) < 4.78 is 1.96. The lowest BCUT2D eigenvalue weighted by molar-refractivity contribution is -0.129. The fourth-order valence-corrected chi connectivity index (χ4v) is 3.17. The lowest BCUT2D eigenvalue weighted by Gasteiger charge is -2.31. The third-order valence-corrected chi connectivity index (χ3v) is 4.47. The fraction of sp³-hybridized carbons (Fsp3) is 0.471. The fourth-order valence-electron chi connectivity index (χ4n) is 3.17. The van der Waals surface area contributed by atoms with Crippen LogP contribution in [0.2, 0.25) is 0 Å². The first-order chi connectivity index (χ1) is 10.7. The Labute approximate surface area is 131 Å². The van der Waals surface area contributed by atoms with Crippen LogP contribution >= 0.6 is 0 Å². The van der Waals surface area contributed by atoms with Gasteiger partial charge in [-0.3, -0.25) is 14.5 Å². The van der Waals surface area contributed by atoms with Gasteiger partial charge in [-0.2, -0.15) is 5.10 Å². The van der Waals surface area contributed by atoms with Crippen molar-refractivity contribution in [3.05, 3.63) is 36.2 Å². The highest BCUT2D eigenvalue weighted by molar-refractivity contribution is 5.73. The molecule has 1 aliphatic rings. The average molecular weight is 298 g/mol. The number of rotatable bonds is 3. The van der Waals surface area contributed by atoms with Crippen LogP contribution in [-0.4, -0.2) is 38.7 Å². The number of pyridine rings is 1. The van der Waals surface area contributed by atoms with Crippen molar-refractivity contribution in [3.8, 4) is 11.4 Å². The Hall–Kier alpha value is -2.17. The van der Waals surface area contributed by atoms with Gasteiger partial charge in [-0.25, -0.2) is 0 Å². The summed E-state index contributed by atoms with van der Waals surface area (Å²) in [5.74, 6) is 0.691. The van der Waals surface area contributed by atoms with Gasteiger partial charge in [0.2, 0.25) is 5.91 Å². The summed E-state index contributed by atoms with van der Waals surface area (Å²) in [6.07, 6.45) is 5.75. The molecule has 3 heterocycles. The summed E-state index contributed by atoms with van der Waals surface area (Å²) in [5, 5.41) is 4.32. The maximum atomic E-state index is 11.4. The van der Waals surface area contributed by atoms with Crippen LogP contribution in [0.15, 0.2) is 30.6 Å². The summed E-state index contributed by atoms with van der Waals surface area (Å²) in [4.78, 5) is 17.9. The third-order valence-electron chi connectivity index (χ3n) is 4.47. The number of nitrogens with zero attached hydrogens (tertiary/aromatic N) is 4. The van der Waals surface area contributed by atoms with Crippen molar-refractivity contribution in [1.82, 2.24) is 19.7 Å². The molecule has 0 aliphatic carbocycles. The second-order valence-electron chi connectivity index (χ2n) is 5.79. The topological polar surface area (TPSA) is 51.0 Å². The van der Waals surface area contributed by atoms with Gasteiger partial charge in [-0.15, -0.1) is 0 Å². The Balaban J connectivity index is 1.79. The molecule has 3 rings (SSSR count). The van der Waals surface area contributed by atoms with E-state index in [0.29, 0.717) is 5.92 Å². The smallest absolute Gasteiger partial charge is 0.219 e. The molecule has 1 saturated heterocycles. The molecule has 1 amide bonds. The zero-order valence-corrected chi connectivity index (χ0v) is 13.2. The molecular formula is C17H22N4O. The lowest BCUT2D eigenvalue weighted by atomic mass is 9.89. The van der Waals surface area contributed by atoms with E-state index in [1.807, 2.05) is 28.0 Å². The summed E-state index contributed by atoms with van der Waals surface area (Å²) in [6.45, 7) is 6.27. The van der Waals surface area contributed by atoms with Crippen LogP contribution < -0.4 is 0 Å². The van der Waals surface area contributed by atoms with Crippen molar-refractivity contribution in [1.29, 1.82) is 0 Å². The van der Waals surface area contributed by atoms with Crippen LogP contribution in [0.1, 0.15) is 38.2 Å². The molecule has 0 aromatic carbocycles. The molecule has 0 spiro atoms. The third kappa shape index (κ3) is 2.89. The van der Waals surface area contributed by atoms with Crippen molar-refractivity contribution in [3.63, 3.8) is 0 Å². The van der Waals surface area contributed by atoms with Gasteiger partial charge in [0.05, 0.1) is 11.4 Å². The number of hydrogen-bond acceptors (Lipinski definition) is 3. The summed E-state index contributed by atoms with van der Waals surface area (Å²) in [6, 6.07) is 6.29. The molecular weight excluding hydrogens is 276 g/mol. The molecule has 1 fully saturated rings. The molecule has 0 bridgehead atoms. The Morgan fingerprint density at radius 3 is 2.73 bits per heavy atom. The molecule has 1 aliphatic heterocycles. The number of aryl methyl sites for hydroxylation is 1. The second-order valence-corrected chi connectivity index (χ2v) is 5.79. The standard InChI is InChI=1S/C17H22N4O/c1-3-21-17(5-9-19-21)16-12-15(4-8-18-16)14-6-10-20(11-7-14)13(2)22/h4-5,8-9,12,14H,3,6-7,10-11H2,1-2H3. The number of aromatic nitrogens is 3. The average Bonchev–Trinajstić information content (AvgIpc) is 3.04. The second kappa shape index (κ2) is 6.30. The monoisotopic (exact) mass is 298 g/mol. The van der Waals surface area contributed by atoms with Gasteiger partial charge < -0.3 is 4.90 Å². The molecule has 0 atom stereocenters. The Bertz CT molecular complexity index is 656. The maximum Gasteiger partial charge on any atom is 0.219 e. The van der Waals surface area contributed by atoms with E-state index >= 15 is 0 Å². The van der Waals surface area contributed by atoms with Crippen LogP contribution in [0.5, 0.6) is 0 Å². The highest BCUT2D eigenvalue weighted by Gasteiger charge is 2.22. The number of carbonyl (C=O) groups is 1. The number of amides is 1. The van der Waals surface area contributed by atoms with Crippen LogP contribution in [-0.2, 0) is 11.3 Å². The molecule has 0 saturated carbocycles. The van der Waals surface area contributed by atoms with Crippen LogP contribution in [0.25, 0.3) is 11.4 Å². The SMILES string of the molecule is CCn1nccc1-c1cc(C2CCN(C(C)=O)CC2)ccn1.